The van der Waals surface area contributed by atoms with Crippen LogP contribution in [0.5, 0.6) is 0 Å². The number of morpholine rings is 1. The van der Waals surface area contributed by atoms with Crippen molar-refractivity contribution in [3.05, 3.63) is 0 Å². The number of hydrogen-bond donors (Lipinski definition) is 2. The van der Waals surface area contributed by atoms with E-state index in [0.29, 0.717) is 12.6 Å². The molecule has 2 rings (SSSR count). The van der Waals surface area contributed by atoms with Crippen molar-refractivity contribution >= 4 is 30.7 Å². The van der Waals surface area contributed by atoms with Gasteiger partial charge in [0.1, 0.15) is 6.10 Å². The SMILES string of the molecule is CCN1CCOC(C(=O)NC2CCCNC2C)C1.Cl.Cl. The Labute approximate surface area is 134 Å². The monoisotopic (exact) mass is 327 g/mol. The topological polar surface area (TPSA) is 53.6 Å². The van der Waals surface area contributed by atoms with Crippen molar-refractivity contribution < 1.29 is 9.53 Å². The Kier molecular flexibility index (Phi) is 9.76. The number of rotatable bonds is 3. The number of nitrogens with one attached hydrogen (secondary N) is 2. The van der Waals surface area contributed by atoms with Crippen LogP contribution in [-0.4, -0.2) is 61.8 Å². The van der Waals surface area contributed by atoms with Crippen LogP contribution in [0.15, 0.2) is 0 Å². The van der Waals surface area contributed by atoms with Gasteiger partial charge in [0, 0.05) is 25.2 Å². The minimum absolute atomic E-state index is 0. The van der Waals surface area contributed by atoms with Crippen LogP contribution in [0.25, 0.3) is 0 Å². The summed E-state index contributed by atoms with van der Waals surface area (Å²) < 4.78 is 5.57. The fraction of sp³-hybridized carbons (Fsp3) is 0.923. The highest BCUT2D eigenvalue weighted by atomic mass is 35.5. The van der Waals surface area contributed by atoms with E-state index >= 15 is 0 Å². The summed E-state index contributed by atoms with van der Waals surface area (Å²) in [5.41, 5.74) is 0. The van der Waals surface area contributed by atoms with E-state index in [1.54, 1.807) is 0 Å². The molecule has 0 saturated carbocycles. The highest BCUT2D eigenvalue weighted by molar-refractivity contribution is 5.85. The molecular weight excluding hydrogens is 301 g/mol. The molecule has 1 amide bonds. The van der Waals surface area contributed by atoms with Crippen molar-refractivity contribution in [2.45, 2.75) is 44.9 Å². The van der Waals surface area contributed by atoms with Crippen LogP contribution in [-0.2, 0) is 9.53 Å². The second-order valence-electron chi connectivity index (χ2n) is 5.25. The molecule has 2 aliphatic rings. The van der Waals surface area contributed by atoms with Gasteiger partial charge in [0.05, 0.1) is 6.61 Å². The molecule has 0 aliphatic carbocycles. The first-order valence-corrected chi connectivity index (χ1v) is 7.08. The van der Waals surface area contributed by atoms with E-state index in [2.05, 4.69) is 29.4 Å². The van der Waals surface area contributed by atoms with Crippen LogP contribution < -0.4 is 10.6 Å². The van der Waals surface area contributed by atoms with E-state index in [9.17, 15) is 4.79 Å². The first kappa shape index (κ1) is 19.9. The van der Waals surface area contributed by atoms with Crippen molar-refractivity contribution in [2.75, 3.05) is 32.8 Å². The molecule has 0 aromatic heterocycles. The van der Waals surface area contributed by atoms with Crippen LogP contribution >= 0.6 is 24.8 Å². The van der Waals surface area contributed by atoms with Crippen molar-refractivity contribution in [2.24, 2.45) is 0 Å². The summed E-state index contributed by atoms with van der Waals surface area (Å²) in [6, 6.07) is 0.598. The van der Waals surface area contributed by atoms with E-state index in [4.69, 9.17) is 4.74 Å². The smallest absolute Gasteiger partial charge is 0.250 e. The average molecular weight is 328 g/mol. The Morgan fingerprint density at radius 2 is 2.20 bits per heavy atom. The maximum Gasteiger partial charge on any atom is 0.250 e. The number of piperidine rings is 1. The number of hydrogen-bond acceptors (Lipinski definition) is 4. The van der Waals surface area contributed by atoms with E-state index in [0.717, 1.165) is 39.0 Å². The first-order chi connectivity index (χ1) is 8.70. The Morgan fingerprint density at radius 1 is 1.45 bits per heavy atom. The second-order valence-corrected chi connectivity index (χ2v) is 5.25. The van der Waals surface area contributed by atoms with Gasteiger partial charge in [-0.3, -0.25) is 9.69 Å². The highest BCUT2D eigenvalue weighted by Crippen LogP contribution is 2.10. The molecule has 7 heteroatoms. The molecule has 0 radical (unpaired) electrons. The van der Waals surface area contributed by atoms with Crippen LogP contribution in [0.1, 0.15) is 26.7 Å². The molecule has 3 unspecified atom stereocenters. The molecule has 20 heavy (non-hydrogen) atoms. The quantitative estimate of drug-likeness (QED) is 0.805. The third-order valence-corrected chi connectivity index (χ3v) is 3.98. The number of amides is 1. The van der Waals surface area contributed by atoms with Gasteiger partial charge in [-0.15, -0.1) is 24.8 Å². The summed E-state index contributed by atoms with van der Waals surface area (Å²) in [7, 11) is 0. The predicted molar refractivity (Wildman–Crippen MR) is 85.0 cm³/mol. The third-order valence-electron chi connectivity index (χ3n) is 3.98. The van der Waals surface area contributed by atoms with E-state index < -0.39 is 0 Å². The Morgan fingerprint density at radius 3 is 2.85 bits per heavy atom. The van der Waals surface area contributed by atoms with Gasteiger partial charge in [0.15, 0.2) is 0 Å². The molecule has 2 fully saturated rings. The van der Waals surface area contributed by atoms with Crippen molar-refractivity contribution in [3.8, 4) is 0 Å². The van der Waals surface area contributed by atoms with Crippen molar-refractivity contribution in [3.63, 3.8) is 0 Å². The standard InChI is InChI=1S/C13H25N3O2.2ClH/c1-3-16-7-8-18-12(9-16)13(17)15-11-5-4-6-14-10(11)2;;/h10-12,14H,3-9H2,1-2H3,(H,15,17);2*1H. The summed E-state index contributed by atoms with van der Waals surface area (Å²) in [6.45, 7) is 8.59. The Bertz CT molecular complexity index is 295. The fourth-order valence-electron chi connectivity index (χ4n) is 2.67. The zero-order valence-electron chi connectivity index (χ0n) is 12.3. The van der Waals surface area contributed by atoms with Gasteiger partial charge in [-0.1, -0.05) is 6.92 Å². The maximum absolute atomic E-state index is 12.2. The van der Waals surface area contributed by atoms with Gasteiger partial charge in [-0.25, -0.2) is 0 Å². The summed E-state index contributed by atoms with van der Waals surface area (Å²) >= 11 is 0. The molecule has 5 nitrogen and oxygen atoms in total. The van der Waals surface area contributed by atoms with E-state index in [1.165, 1.54) is 0 Å². The Hall–Kier alpha value is -0.0700. The molecule has 0 aromatic carbocycles. The van der Waals surface area contributed by atoms with Crippen molar-refractivity contribution in [1.29, 1.82) is 0 Å². The molecule has 0 aromatic rings. The normalized spacial score (nSPS) is 30.8. The minimum Gasteiger partial charge on any atom is -0.366 e. The number of carbonyl (C=O) groups is 1. The predicted octanol–water partition coefficient (Wildman–Crippen LogP) is 0.807. The number of carbonyl (C=O) groups excluding carboxylic acids is 1. The molecule has 120 valence electrons. The van der Waals surface area contributed by atoms with Gasteiger partial charge >= 0.3 is 0 Å². The largest absolute Gasteiger partial charge is 0.366 e. The molecule has 0 spiro atoms. The van der Waals surface area contributed by atoms with Crippen LogP contribution in [0.4, 0.5) is 0 Å². The highest BCUT2D eigenvalue weighted by Gasteiger charge is 2.29. The van der Waals surface area contributed by atoms with Crippen LogP contribution in [0.3, 0.4) is 0 Å². The third kappa shape index (κ3) is 5.37. The number of nitrogens with zero attached hydrogens (tertiary/aromatic N) is 1. The van der Waals surface area contributed by atoms with Gasteiger partial charge in [0.2, 0.25) is 0 Å². The van der Waals surface area contributed by atoms with E-state index in [1.807, 2.05) is 0 Å². The number of likely N-dealkylation sites (N-methyl/N-ethyl adjacent to an activating group) is 1. The number of ether oxygens (including phenoxy) is 1. The summed E-state index contributed by atoms with van der Waals surface area (Å²) in [6.07, 6.45) is 1.89. The minimum atomic E-state index is -0.298. The van der Waals surface area contributed by atoms with Gasteiger partial charge in [0.25, 0.3) is 5.91 Å². The molecular formula is C13H27Cl2N3O2. The summed E-state index contributed by atoms with van der Waals surface area (Å²) in [5.74, 6) is 0.0497. The van der Waals surface area contributed by atoms with Crippen LogP contribution in [0.2, 0.25) is 0 Å². The lowest BCUT2D eigenvalue weighted by atomic mass is 9.99. The lowest BCUT2D eigenvalue weighted by Crippen LogP contribution is -2.57. The Balaban J connectivity index is 0.00000180. The molecule has 2 N–H and O–H groups in total. The molecule has 2 aliphatic heterocycles. The fourth-order valence-corrected chi connectivity index (χ4v) is 2.67. The number of halogens is 2. The summed E-state index contributed by atoms with van der Waals surface area (Å²) in [5, 5.41) is 6.52. The second kappa shape index (κ2) is 9.79. The lowest BCUT2D eigenvalue weighted by Gasteiger charge is -2.35. The molecule has 3 atom stereocenters. The lowest BCUT2D eigenvalue weighted by molar-refractivity contribution is -0.139. The molecule has 2 heterocycles. The maximum atomic E-state index is 12.2. The van der Waals surface area contributed by atoms with Crippen LogP contribution in [0, 0.1) is 0 Å². The van der Waals surface area contributed by atoms with Gasteiger partial charge in [-0.2, -0.15) is 0 Å². The first-order valence-electron chi connectivity index (χ1n) is 7.08. The zero-order chi connectivity index (χ0) is 13.0. The van der Waals surface area contributed by atoms with E-state index in [-0.39, 0.29) is 42.9 Å². The van der Waals surface area contributed by atoms with Gasteiger partial charge in [-0.05, 0) is 32.9 Å². The summed E-state index contributed by atoms with van der Waals surface area (Å²) in [4.78, 5) is 14.4. The van der Waals surface area contributed by atoms with Gasteiger partial charge < -0.3 is 15.4 Å². The van der Waals surface area contributed by atoms with Crippen molar-refractivity contribution in [1.82, 2.24) is 15.5 Å². The molecule has 2 saturated heterocycles. The molecule has 0 bridgehead atoms. The average Bonchev–Trinajstić information content (AvgIpc) is 2.41. The zero-order valence-corrected chi connectivity index (χ0v) is 13.9.